The van der Waals surface area contributed by atoms with E-state index in [0.29, 0.717) is 29.3 Å². The van der Waals surface area contributed by atoms with Gasteiger partial charge in [-0.3, -0.25) is 0 Å². The van der Waals surface area contributed by atoms with E-state index in [1.807, 2.05) is 0 Å². The van der Waals surface area contributed by atoms with Gasteiger partial charge in [-0.1, -0.05) is 27.2 Å². The van der Waals surface area contributed by atoms with Gasteiger partial charge in [0.05, 0.1) is 5.56 Å². The summed E-state index contributed by atoms with van der Waals surface area (Å²) in [6.07, 6.45) is 1.07. The lowest BCUT2D eigenvalue weighted by atomic mass is 9.64. The van der Waals surface area contributed by atoms with Gasteiger partial charge < -0.3 is 5.73 Å². The fourth-order valence-electron chi connectivity index (χ4n) is 3.09. The summed E-state index contributed by atoms with van der Waals surface area (Å²) in [7, 11) is 0. The van der Waals surface area contributed by atoms with E-state index in [1.165, 1.54) is 11.3 Å². The number of halogens is 1. The maximum absolute atomic E-state index is 14.0. The summed E-state index contributed by atoms with van der Waals surface area (Å²) in [4.78, 5) is 0.977. The van der Waals surface area contributed by atoms with Crippen molar-refractivity contribution in [1.29, 1.82) is 5.26 Å². The summed E-state index contributed by atoms with van der Waals surface area (Å²) >= 11 is 1.39. The maximum atomic E-state index is 14.0. The fourth-order valence-corrected chi connectivity index (χ4v) is 4.31. The summed E-state index contributed by atoms with van der Waals surface area (Å²) in [6, 6.07) is 2.22. The Labute approximate surface area is 112 Å². The molecule has 0 fully saturated rings. The highest BCUT2D eigenvalue weighted by atomic mass is 32.1. The molecule has 1 heterocycles. The molecule has 0 aliphatic heterocycles. The molecule has 18 heavy (non-hydrogen) atoms. The number of nitrogen functional groups attached to an aromatic ring is 1. The largest absolute Gasteiger partial charge is 0.389 e. The molecule has 2 nitrogen and oxygen atoms in total. The number of nitriles is 1. The van der Waals surface area contributed by atoms with Crippen LogP contribution in [0.15, 0.2) is 0 Å². The van der Waals surface area contributed by atoms with Crippen molar-refractivity contribution in [3.63, 3.8) is 0 Å². The number of hydrogen-bond acceptors (Lipinski definition) is 3. The summed E-state index contributed by atoms with van der Waals surface area (Å²) in [5.74, 6) is 0.343. The molecule has 4 heteroatoms. The Balaban J connectivity index is 2.64. The third-order valence-corrected chi connectivity index (χ3v) is 5.48. The zero-order valence-corrected chi connectivity index (χ0v) is 11.9. The number of nitrogens with zero attached hydrogens (tertiary/aromatic N) is 1. The first-order valence-electron chi connectivity index (χ1n) is 6.39. The van der Waals surface area contributed by atoms with Crippen LogP contribution in [0.4, 0.5) is 9.39 Å². The molecule has 1 aromatic rings. The number of fused-ring (bicyclic) bond motifs is 1. The first-order valence-corrected chi connectivity index (χ1v) is 7.21. The lowest BCUT2D eigenvalue weighted by Gasteiger charge is -2.40. The van der Waals surface area contributed by atoms with Crippen LogP contribution in [0.3, 0.4) is 0 Å². The quantitative estimate of drug-likeness (QED) is 0.885. The van der Waals surface area contributed by atoms with Gasteiger partial charge in [-0.05, 0) is 17.9 Å². The van der Waals surface area contributed by atoms with Crippen LogP contribution >= 0.6 is 11.3 Å². The average Bonchev–Trinajstić information content (AvgIpc) is 2.63. The van der Waals surface area contributed by atoms with Gasteiger partial charge in [-0.25, -0.2) is 4.39 Å². The lowest BCUT2D eigenvalue weighted by molar-refractivity contribution is 0.180. The highest BCUT2D eigenvalue weighted by molar-refractivity contribution is 7.16. The molecule has 0 bridgehead atoms. The molecule has 2 rings (SSSR count). The zero-order chi connectivity index (χ0) is 13.5. The molecular formula is C14H19FN2S. The molecule has 0 saturated heterocycles. The SMILES string of the molecule is CCC(C)C1(C)CC(F)Cc2sc(N)c(C#N)c21. The molecule has 0 spiro atoms. The Morgan fingerprint density at radius 2 is 2.33 bits per heavy atom. The van der Waals surface area contributed by atoms with Crippen molar-refractivity contribution in [2.45, 2.75) is 51.6 Å². The molecule has 1 aromatic heterocycles. The first-order chi connectivity index (χ1) is 8.43. The van der Waals surface area contributed by atoms with E-state index in [9.17, 15) is 9.65 Å². The van der Waals surface area contributed by atoms with E-state index >= 15 is 0 Å². The second kappa shape index (κ2) is 4.55. The monoisotopic (exact) mass is 266 g/mol. The molecule has 98 valence electrons. The smallest absolute Gasteiger partial charge is 0.106 e. The van der Waals surface area contributed by atoms with Crippen LogP contribution in [0.25, 0.3) is 0 Å². The van der Waals surface area contributed by atoms with E-state index in [1.54, 1.807) is 0 Å². The van der Waals surface area contributed by atoms with Crippen LogP contribution < -0.4 is 5.73 Å². The molecule has 0 amide bonds. The van der Waals surface area contributed by atoms with Crippen molar-refractivity contribution < 1.29 is 4.39 Å². The van der Waals surface area contributed by atoms with Gasteiger partial charge in [0.15, 0.2) is 0 Å². The van der Waals surface area contributed by atoms with Crippen molar-refractivity contribution in [2.24, 2.45) is 5.92 Å². The van der Waals surface area contributed by atoms with Gasteiger partial charge in [-0.15, -0.1) is 11.3 Å². The normalized spacial score (nSPS) is 28.5. The van der Waals surface area contributed by atoms with E-state index in [4.69, 9.17) is 5.73 Å². The minimum Gasteiger partial charge on any atom is -0.389 e. The van der Waals surface area contributed by atoms with E-state index in [-0.39, 0.29) is 5.41 Å². The molecule has 0 aromatic carbocycles. The number of nitrogens with two attached hydrogens (primary N) is 1. The molecule has 3 unspecified atom stereocenters. The maximum Gasteiger partial charge on any atom is 0.106 e. The fraction of sp³-hybridized carbons (Fsp3) is 0.643. The number of thiophene rings is 1. The van der Waals surface area contributed by atoms with Crippen molar-refractivity contribution in [3.05, 3.63) is 16.0 Å². The highest BCUT2D eigenvalue weighted by Crippen LogP contribution is 2.50. The Morgan fingerprint density at radius 3 is 2.89 bits per heavy atom. The van der Waals surface area contributed by atoms with Crippen LogP contribution in [0, 0.1) is 17.2 Å². The summed E-state index contributed by atoms with van der Waals surface area (Å²) in [6.45, 7) is 6.33. The standard InChI is InChI=1S/C14H19FN2S/c1-4-8(2)14(3)6-9(15)5-11-12(14)10(7-16)13(17)18-11/h8-9H,4-6,17H2,1-3H3. The Hall–Kier alpha value is -1.08. The predicted molar refractivity (Wildman–Crippen MR) is 73.5 cm³/mol. The highest BCUT2D eigenvalue weighted by Gasteiger charge is 2.43. The first kappa shape index (κ1) is 13.4. The topological polar surface area (TPSA) is 49.8 Å². The Kier molecular flexibility index (Phi) is 3.37. The number of rotatable bonds is 2. The minimum atomic E-state index is -0.818. The second-order valence-corrected chi connectivity index (χ2v) is 6.62. The van der Waals surface area contributed by atoms with Crippen molar-refractivity contribution in [3.8, 4) is 6.07 Å². The third-order valence-electron chi connectivity index (χ3n) is 4.44. The van der Waals surface area contributed by atoms with Gasteiger partial charge in [-0.2, -0.15) is 5.26 Å². The number of hydrogen-bond donors (Lipinski definition) is 1. The predicted octanol–water partition coefficient (Wildman–Crippen LogP) is 3.79. The summed E-state index contributed by atoms with van der Waals surface area (Å²) in [5.41, 5.74) is 7.26. The van der Waals surface area contributed by atoms with Gasteiger partial charge >= 0.3 is 0 Å². The second-order valence-electron chi connectivity index (χ2n) is 5.48. The zero-order valence-electron chi connectivity index (χ0n) is 11.1. The van der Waals surface area contributed by atoms with E-state index in [2.05, 4.69) is 26.8 Å². The lowest BCUT2D eigenvalue weighted by Crippen LogP contribution is -2.38. The third kappa shape index (κ3) is 1.81. The molecule has 2 N–H and O–H groups in total. The van der Waals surface area contributed by atoms with Gasteiger partial charge in [0.2, 0.25) is 0 Å². The average molecular weight is 266 g/mol. The van der Waals surface area contributed by atoms with Crippen molar-refractivity contribution in [1.82, 2.24) is 0 Å². The molecule has 1 aliphatic carbocycles. The number of alkyl halides is 1. The van der Waals surface area contributed by atoms with Crippen molar-refractivity contribution >= 4 is 16.3 Å². The van der Waals surface area contributed by atoms with Gasteiger partial charge in [0.1, 0.15) is 17.2 Å². The molecule has 0 radical (unpaired) electrons. The summed E-state index contributed by atoms with van der Waals surface area (Å²) < 4.78 is 14.0. The van der Waals surface area contributed by atoms with Crippen LogP contribution in [0.1, 0.15) is 49.6 Å². The van der Waals surface area contributed by atoms with Crippen LogP contribution in [0.5, 0.6) is 0 Å². The summed E-state index contributed by atoms with van der Waals surface area (Å²) in [5, 5.41) is 9.85. The van der Waals surface area contributed by atoms with Crippen LogP contribution in [0.2, 0.25) is 0 Å². The number of anilines is 1. The molecule has 0 saturated carbocycles. The van der Waals surface area contributed by atoms with Crippen LogP contribution in [-0.2, 0) is 11.8 Å². The van der Waals surface area contributed by atoms with E-state index in [0.717, 1.165) is 16.9 Å². The van der Waals surface area contributed by atoms with E-state index < -0.39 is 6.17 Å². The van der Waals surface area contributed by atoms with Gasteiger partial charge in [0.25, 0.3) is 0 Å². The molecular weight excluding hydrogens is 247 g/mol. The molecule has 3 atom stereocenters. The minimum absolute atomic E-state index is 0.263. The Bertz CT molecular complexity index is 503. The van der Waals surface area contributed by atoms with Gasteiger partial charge in [0, 0.05) is 16.7 Å². The Morgan fingerprint density at radius 1 is 1.67 bits per heavy atom. The molecule has 1 aliphatic rings. The van der Waals surface area contributed by atoms with Crippen molar-refractivity contribution in [2.75, 3.05) is 5.73 Å². The van der Waals surface area contributed by atoms with Crippen LogP contribution in [-0.4, -0.2) is 6.17 Å².